The molecule has 2 aromatic rings. The Kier molecular flexibility index (Phi) is 7.06. The van der Waals surface area contributed by atoms with E-state index < -0.39 is 34.2 Å². The summed E-state index contributed by atoms with van der Waals surface area (Å²) in [6.45, 7) is -0.162. The van der Waals surface area contributed by atoms with Gasteiger partial charge in [0.1, 0.15) is 11.8 Å². The van der Waals surface area contributed by atoms with Crippen LogP contribution in [0.4, 0.5) is 0 Å². The van der Waals surface area contributed by atoms with Crippen molar-refractivity contribution in [2.75, 3.05) is 13.7 Å². The van der Waals surface area contributed by atoms with E-state index in [4.69, 9.17) is 9.47 Å². The Morgan fingerprint density at radius 2 is 1.90 bits per heavy atom. The summed E-state index contributed by atoms with van der Waals surface area (Å²) in [4.78, 5) is 12.5. The molecule has 0 saturated carbocycles. The first-order valence-electron chi connectivity index (χ1n) is 9.30. The lowest BCUT2D eigenvalue weighted by Crippen LogP contribution is -2.54. The van der Waals surface area contributed by atoms with Gasteiger partial charge in [0.2, 0.25) is 10.0 Å². The summed E-state index contributed by atoms with van der Waals surface area (Å²) in [5.74, 6) is -0.461. The van der Waals surface area contributed by atoms with Crippen LogP contribution in [-0.4, -0.2) is 60.9 Å². The van der Waals surface area contributed by atoms with Crippen molar-refractivity contribution in [3.8, 4) is 5.75 Å². The molecule has 0 spiro atoms. The van der Waals surface area contributed by atoms with Crippen LogP contribution in [0.5, 0.6) is 5.75 Å². The van der Waals surface area contributed by atoms with Crippen molar-refractivity contribution in [1.29, 1.82) is 0 Å². The molecule has 1 saturated heterocycles. The maximum atomic E-state index is 13.5. The molecular formula is C20H24N2O7S. The monoisotopic (exact) mass is 436 g/mol. The normalized spacial score (nSPS) is 20.1. The van der Waals surface area contributed by atoms with E-state index in [2.05, 4.69) is 0 Å². The predicted octanol–water partition coefficient (Wildman–Crippen LogP) is 0.910. The molecule has 0 aromatic heterocycles. The smallest absolute Gasteiger partial charge is 0.264 e. The Labute approximate surface area is 174 Å². The van der Waals surface area contributed by atoms with Gasteiger partial charge in [-0.15, -0.1) is 0 Å². The molecule has 3 unspecified atom stereocenters. The van der Waals surface area contributed by atoms with Crippen LogP contribution in [0, 0.1) is 0 Å². The third kappa shape index (κ3) is 4.79. The van der Waals surface area contributed by atoms with Crippen LogP contribution in [-0.2, 0) is 26.1 Å². The van der Waals surface area contributed by atoms with Crippen molar-refractivity contribution in [3.63, 3.8) is 0 Å². The van der Waals surface area contributed by atoms with Crippen molar-refractivity contribution in [2.45, 2.75) is 36.1 Å². The fraction of sp³-hybridized carbons (Fsp3) is 0.350. The van der Waals surface area contributed by atoms with Crippen molar-refractivity contribution in [3.05, 3.63) is 60.2 Å². The van der Waals surface area contributed by atoms with Crippen LogP contribution in [0.1, 0.15) is 12.0 Å². The second kappa shape index (κ2) is 9.54. The highest BCUT2D eigenvalue weighted by molar-refractivity contribution is 7.89. The summed E-state index contributed by atoms with van der Waals surface area (Å²) in [5, 5.41) is 19.1. The molecule has 0 bridgehead atoms. The second-order valence-electron chi connectivity index (χ2n) is 6.89. The number of nitrogens with one attached hydrogen (secondary N) is 1. The molecule has 1 fully saturated rings. The summed E-state index contributed by atoms with van der Waals surface area (Å²) >= 11 is 0. The predicted molar refractivity (Wildman–Crippen MR) is 106 cm³/mol. The van der Waals surface area contributed by atoms with Crippen LogP contribution >= 0.6 is 0 Å². The summed E-state index contributed by atoms with van der Waals surface area (Å²) < 4.78 is 38.6. The number of aliphatic hydroxyl groups is 1. The molecule has 2 aromatic carbocycles. The molecule has 1 amide bonds. The van der Waals surface area contributed by atoms with Gasteiger partial charge in [-0.05, 0) is 29.8 Å². The zero-order valence-corrected chi connectivity index (χ0v) is 17.2. The largest absolute Gasteiger partial charge is 0.497 e. The Bertz CT molecular complexity index is 951. The first-order valence-corrected chi connectivity index (χ1v) is 10.7. The SMILES string of the molecule is COc1ccc(S(=O)(=O)N(Cc2ccccc2)C(C(=O)NO)C2CC(O)CO2)cc1. The van der Waals surface area contributed by atoms with Gasteiger partial charge in [-0.2, -0.15) is 4.31 Å². The van der Waals surface area contributed by atoms with E-state index >= 15 is 0 Å². The standard InChI is InChI=1S/C20H24N2O7S/c1-28-16-7-9-17(10-8-16)30(26,27)22(12-14-5-3-2-4-6-14)19(20(24)21-25)18-11-15(23)13-29-18/h2-10,15,18-19,23,25H,11-13H2,1H3,(H,21,24). The van der Waals surface area contributed by atoms with E-state index in [-0.39, 0.29) is 24.5 Å². The molecular weight excluding hydrogens is 412 g/mol. The lowest BCUT2D eigenvalue weighted by atomic mass is 10.1. The van der Waals surface area contributed by atoms with E-state index in [0.717, 1.165) is 4.31 Å². The lowest BCUT2D eigenvalue weighted by molar-refractivity contribution is -0.137. The van der Waals surface area contributed by atoms with Gasteiger partial charge in [0.05, 0.1) is 30.8 Å². The van der Waals surface area contributed by atoms with Gasteiger partial charge < -0.3 is 14.6 Å². The number of methoxy groups -OCH3 is 1. The second-order valence-corrected chi connectivity index (χ2v) is 8.78. The number of hydroxylamine groups is 1. The molecule has 30 heavy (non-hydrogen) atoms. The number of rotatable bonds is 8. The number of aliphatic hydroxyl groups excluding tert-OH is 1. The Balaban J connectivity index is 2.06. The van der Waals surface area contributed by atoms with Crippen molar-refractivity contribution in [2.24, 2.45) is 0 Å². The third-order valence-corrected chi connectivity index (χ3v) is 6.74. The highest BCUT2D eigenvalue weighted by Gasteiger charge is 2.44. The minimum absolute atomic E-state index is 0.0262. The molecule has 0 radical (unpaired) electrons. The van der Waals surface area contributed by atoms with Crippen molar-refractivity contribution in [1.82, 2.24) is 9.79 Å². The summed E-state index contributed by atoms with van der Waals surface area (Å²) in [6.07, 6.45) is -1.70. The Morgan fingerprint density at radius 1 is 1.23 bits per heavy atom. The minimum atomic E-state index is -4.19. The molecule has 3 atom stereocenters. The summed E-state index contributed by atoms with van der Waals surface area (Å²) in [7, 11) is -2.72. The zero-order valence-electron chi connectivity index (χ0n) is 16.3. The molecule has 0 aliphatic carbocycles. The van der Waals surface area contributed by atoms with E-state index in [9.17, 15) is 23.5 Å². The van der Waals surface area contributed by atoms with Crippen LogP contribution in [0.15, 0.2) is 59.5 Å². The quantitative estimate of drug-likeness (QED) is 0.415. The average Bonchev–Trinajstić information content (AvgIpc) is 3.19. The van der Waals surface area contributed by atoms with Gasteiger partial charge in [0, 0.05) is 13.0 Å². The first kappa shape index (κ1) is 22.2. The number of carbonyl (C=O) groups is 1. The molecule has 1 heterocycles. The maximum absolute atomic E-state index is 13.5. The molecule has 10 heteroatoms. The van der Waals surface area contributed by atoms with Crippen LogP contribution < -0.4 is 10.2 Å². The highest BCUT2D eigenvalue weighted by atomic mass is 32.2. The molecule has 1 aliphatic rings. The van der Waals surface area contributed by atoms with Gasteiger partial charge in [-0.1, -0.05) is 30.3 Å². The highest BCUT2D eigenvalue weighted by Crippen LogP contribution is 2.28. The Morgan fingerprint density at radius 3 is 2.43 bits per heavy atom. The number of amides is 1. The van der Waals surface area contributed by atoms with Crippen LogP contribution in [0.2, 0.25) is 0 Å². The molecule has 162 valence electrons. The minimum Gasteiger partial charge on any atom is -0.497 e. The van der Waals surface area contributed by atoms with Gasteiger partial charge in [0.15, 0.2) is 0 Å². The van der Waals surface area contributed by atoms with E-state index in [1.54, 1.807) is 30.3 Å². The van der Waals surface area contributed by atoms with Crippen molar-refractivity contribution < 1.29 is 33.0 Å². The van der Waals surface area contributed by atoms with E-state index in [1.807, 2.05) is 0 Å². The number of ether oxygens (including phenoxy) is 2. The summed E-state index contributed by atoms with van der Waals surface area (Å²) in [5.41, 5.74) is 2.18. The van der Waals surface area contributed by atoms with E-state index in [0.29, 0.717) is 11.3 Å². The fourth-order valence-corrected chi connectivity index (χ4v) is 4.99. The van der Waals surface area contributed by atoms with Gasteiger partial charge in [-0.3, -0.25) is 10.0 Å². The van der Waals surface area contributed by atoms with Gasteiger partial charge in [-0.25, -0.2) is 13.9 Å². The number of nitrogens with zero attached hydrogens (tertiary/aromatic N) is 1. The van der Waals surface area contributed by atoms with Gasteiger partial charge in [0.25, 0.3) is 5.91 Å². The van der Waals surface area contributed by atoms with Crippen molar-refractivity contribution >= 4 is 15.9 Å². The first-order chi connectivity index (χ1) is 14.4. The number of hydrogen-bond acceptors (Lipinski definition) is 7. The molecule has 3 N–H and O–H groups in total. The number of benzene rings is 2. The zero-order chi connectivity index (χ0) is 21.7. The number of carbonyl (C=O) groups excluding carboxylic acids is 1. The molecule has 9 nitrogen and oxygen atoms in total. The van der Waals surface area contributed by atoms with Crippen LogP contribution in [0.3, 0.4) is 0 Å². The van der Waals surface area contributed by atoms with E-state index in [1.165, 1.54) is 36.9 Å². The Hall–Kier alpha value is -2.50. The number of hydrogen-bond donors (Lipinski definition) is 3. The van der Waals surface area contributed by atoms with Gasteiger partial charge >= 0.3 is 0 Å². The van der Waals surface area contributed by atoms with Crippen LogP contribution in [0.25, 0.3) is 0 Å². The average molecular weight is 436 g/mol. The summed E-state index contributed by atoms with van der Waals surface area (Å²) in [6, 6.07) is 13.1. The molecule has 3 rings (SSSR count). The lowest BCUT2D eigenvalue weighted by Gasteiger charge is -2.32. The number of sulfonamides is 1. The molecule has 1 aliphatic heterocycles. The topological polar surface area (TPSA) is 125 Å². The fourth-order valence-electron chi connectivity index (χ4n) is 3.39. The maximum Gasteiger partial charge on any atom is 0.264 e. The third-order valence-electron chi connectivity index (χ3n) is 4.90.